The molecule has 0 spiro atoms. The van der Waals surface area contributed by atoms with Crippen molar-refractivity contribution >= 4 is 0 Å². The van der Waals surface area contributed by atoms with Gasteiger partial charge in [0.15, 0.2) is 0 Å². The SMILES string of the molecule is CCCCOCCNCCN(C)CC1CCCO1. The summed E-state index contributed by atoms with van der Waals surface area (Å²) in [5.41, 5.74) is 0. The molecule has 18 heavy (non-hydrogen) atoms. The van der Waals surface area contributed by atoms with E-state index in [1.165, 1.54) is 25.7 Å². The molecule has 0 radical (unpaired) electrons. The summed E-state index contributed by atoms with van der Waals surface area (Å²) in [6.45, 7) is 8.99. The molecule has 1 saturated heterocycles. The fourth-order valence-electron chi connectivity index (χ4n) is 2.11. The van der Waals surface area contributed by atoms with Gasteiger partial charge in [0.2, 0.25) is 0 Å². The van der Waals surface area contributed by atoms with Crippen LogP contribution in [-0.4, -0.2) is 64.1 Å². The summed E-state index contributed by atoms with van der Waals surface area (Å²) in [6.07, 6.45) is 5.30. The van der Waals surface area contributed by atoms with Gasteiger partial charge in [-0.25, -0.2) is 0 Å². The predicted molar refractivity (Wildman–Crippen MR) is 75.1 cm³/mol. The zero-order valence-electron chi connectivity index (χ0n) is 12.1. The zero-order chi connectivity index (χ0) is 13.1. The van der Waals surface area contributed by atoms with Crippen molar-refractivity contribution in [3.05, 3.63) is 0 Å². The number of hydrogen-bond donors (Lipinski definition) is 1. The molecule has 1 N–H and O–H groups in total. The summed E-state index contributed by atoms with van der Waals surface area (Å²) >= 11 is 0. The first-order valence-electron chi connectivity index (χ1n) is 7.41. The standard InChI is InChI=1S/C14H30N2O2/c1-3-4-10-17-12-8-15-7-9-16(2)13-14-6-5-11-18-14/h14-15H,3-13H2,1-2H3. The van der Waals surface area contributed by atoms with Crippen molar-refractivity contribution in [1.82, 2.24) is 10.2 Å². The summed E-state index contributed by atoms with van der Waals surface area (Å²) in [5.74, 6) is 0. The van der Waals surface area contributed by atoms with Gasteiger partial charge in [-0.2, -0.15) is 0 Å². The highest BCUT2D eigenvalue weighted by atomic mass is 16.5. The van der Waals surface area contributed by atoms with Crippen LogP contribution in [0.4, 0.5) is 0 Å². The highest BCUT2D eigenvalue weighted by molar-refractivity contribution is 4.68. The Balaban J connectivity index is 1.81. The van der Waals surface area contributed by atoms with Crippen LogP contribution in [0, 0.1) is 0 Å². The minimum absolute atomic E-state index is 0.465. The van der Waals surface area contributed by atoms with E-state index in [2.05, 4.69) is 24.2 Å². The minimum Gasteiger partial charge on any atom is -0.380 e. The quantitative estimate of drug-likeness (QED) is 0.570. The second-order valence-corrected chi connectivity index (χ2v) is 5.11. The van der Waals surface area contributed by atoms with E-state index >= 15 is 0 Å². The normalized spacial score (nSPS) is 19.8. The van der Waals surface area contributed by atoms with Crippen molar-refractivity contribution in [3.63, 3.8) is 0 Å². The summed E-state index contributed by atoms with van der Waals surface area (Å²) in [6, 6.07) is 0. The maximum Gasteiger partial charge on any atom is 0.0702 e. The molecular formula is C14H30N2O2. The topological polar surface area (TPSA) is 33.7 Å². The lowest BCUT2D eigenvalue weighted by molar-refractivity contribution is 0.0810. The third kappa shape index (κ3) is 8.03. The van der Waals surface area contributed by atoms with Crippen LogP contribution >= 0.6 is 0 Å². The molecule has 0 aromatic heterocycles. The molecule has 1 rings (SSSR count). The maximum atomic E-state index is 5.62. The molecule has 0 amide bonds. The molecule has 1 aliphatic heterocycles. The van der Waals surface area contributed by atoms with Crippen LogP contribution in [0.5, 0.6) is 0 Å². The Morgan fingerprint density at radius 2 is 2.22 bits per heavy atom. The molecule has 0 aromatic carbocycles. The van der Waals surface area contributed by atoms with Crippen LogP contribution in [0.15, 0.2) is 0 Å². The summed E-state index contributed by atoms with van der Waals surface area (Å²) in [7, 11) is 2.17. The molecule has 4 nitrogen and oxygen atoms in total. The van der Waals surface area contributed by atoms with Gasteiger partial charge in [0, 0.05) is 39.4 Å². The largest absolute Gasteiger partial charge is 0.380 e. The van der Waals surface area contributed by atoms with E-state index in [0.29, 0.717) is 6.10 Å². The fraction of sp³-hybridized carbons (Fsp3) is 1.00. The lowest BCUT2D eigenvalue weighted by Gasteiger charge is -2.20. The van der Waals surface area contributed by atoms with Crippen LogP contribution in [0.2, 0.25) is 0 Å². The molecule has 4 heteroatoms. The molecule has 0 aromatic rings. The lowest BCUT2D eigenvalue weighted by Crippen LogP contribution is -2.35. The van der Waals surface area contributed by atoms with Crippen molar-refractivity contribution in [2.24, 2.45) is 0 Å². The number of nitrogens with one attached hydrogen (secondary N) is 1. The molecule has 0 saturated carbocycles. The van der Waals surface area contributed by atoms with Gasteiger partial charge >= 0.3 is 0 Å². The van der Waals surface area contributed by atoms with E-state index in [1.807, 2.05) is 0 Å². The first kappa shape index (κ1) is 15.9. The monoisotopic (exact) mass is 258 g/mol. The van der Waals surface area contributed by atoms with Gasteiger partial charge < -0.3 is 19.7 Å². The number of likely N-dealkylation sites (N-methyl/N-ethyl adjacent to an activating group) is 1. The molecule has 1 atom stereocenters. The first-order chi connectivity index (χ1) is 8.83. The van der Waals surface area contributed by atoms with Crippen molar-refractivity contribution in [2.45, 2.75) is 38.7 Å². The number of rotatable bonds is 11. The Morgan fingerprint density at radius 1 is 1.33 bits per heavy atom. The Bertz CT molecular complexity index is 185. The van der Waals surface area contributed by atoms with E-state index in [4.69, 9.17) is 9.47 Å². The highest BCUT2D eigenvalue weighted by Gasteiger charge is 2.16. The number of nitrogens with zero attached hydrogens (tertiary/aromatic N) is 1. The second kappa shape index (κ2) is 10.7. The van der Waals surface area contributed by atoms with Gasteiger partial charge in [-0.1, -0.05) is 13.3 Å². The van der Waals surface area contributed by atoms with Crippen molar-refractivity contribution in [1.29, 1.82) is 0 Å². The molecule has 0 bridgehead atoms. The number of ether oxygens (including phenoxy) is 2. The number of hydrogen-bond acceptors (Lipinski definition) is 4. The van der Waals surface area contributed by atoms with Crippen molar-refractivity contribution in [2.75, 3.05) is 53.0 Å². The minimum atomic E-state index is 0.465. The van der Waals surface area contributed by atoms with E-state index in [1.54, 1.807) is 0 Å². The van der Waals surface area contributed by atoms with Crippen LogP contribution in [0.1, 0.15) is 32.6 Å². The Hall–Kier alpha value is -0.160. The highest BCUT2D eigenvalue weighted by Crippen LogP contribution is 2.12. The van der Waals surface area contributed by atoms with Crippen LogP contribution in [0.3, 0.4) is 0 Å². The summed E-state index contributed by atoms with van der Waals surface area (Å²) in [4.78, 5) is 2.35. The van der Waals surface area contributed by atoms with Crippen LogP contribution in [0.25, 0.3) is 0 Å². The van der Waals surface area contributed by atoms with Gasteiger partial charge in [-0.3, -0.25) is 0 Å². The van der Waals surface area contributed by atoms with Crippen LogP contribution < -0.4 is 5.32 Å². The molecule has 1 heterocycles. The lowest BCUT2D eigenvalue weighted by atomic mass is 10.2. The smallest absolute Gasteiger partial charge is 0.0702 e. The van der Waals surface area contributed by atoms with Crippen molar-refractivity contribution < 1.29 is 9.47 Å². The first-order valence-corrected chi connectivity index (χ1v) is 7.41. The van der Waals surface area contributed by atoms with E-state index in [-0.39, 0.29) is 0 Å². The fourth-order valence-corrected chi connectivity index (χ4v) is 2.11. The van der Waals surface area contributed by atoms with Gasteiger partial charge in [0.05, 0.1) is 12.7 Å². The Kier molecular flexibility index (Phi) is 9.48. The molecule has 1 unspecified atom stereocenters. The summed E-state index contributed by atoms with van der Waals surface area (Å²) < 4.78 is 11.1. The van der Waals surface area contributed by atoms with E-state index < -0.39 is 0 Å². The maximum absolute atomic E-state index is 5.62. The zero-order valence-corrected chi connectivity index (χ0v) is 12.1. The van der Waals surface area contributed by atoms with Gasteiger partial charge in [-0.15, -0.1) is 0 Å². The molecular weight excluding hydrogens is 228 g/mol. The second-order valence-electron chi connectivity index (χ2n) is 5.11. The van der Waals surface area contributed by atoms with Gasteiger partial charge in [-0.05, 0) is 26.3 Å². The molecule has 1 aliphatic rings. The average Bonchev–Trinajstić information content (AvgIpc) is 2.85. The van der Waals surface area contributed by atoms with Gasteiger partial charge in [0.25, 0.3) is 0 Å². The predicted octanol–water partition coefficient (Wildman–Crippen LogP) is 1.50. The molecule has 108 valence electrons. The summed E-state index contributed by atoms with van der Waals surface area (Å²) in [5, 5.41) is 3.41. The Morgan fingerprint density at radius 3 is 2.94 bits per heavy atom. The van der Waals surface area contributed by atoms with Crippen LogP contribution in [-0.2, 0) is 9.47 Å². The van der Waals surface area contributed by atoms with Crippen molar-refractivity contribution in [3.8, 4) is 0 Å². The molecule has 1 fully saturated rings. The van der Waals surface area contributed by atoms with Gasteiger partial charge in [0.1, 0.15) is 0 Å². The third-order valence-corrected chi connectivity index (χ3v) is 3.28. The third-order valence-electron chi connectivity index (χ3n) is 3.28. The number of unbranched alkanes of at least 4 members (excludes halogenated alkanes) is 1. The Labute approximate surface area is 112 Å². The van der Waals surface area contributed by atoms with E-state index in [9.17, 15) is 0 Å². The average molecular weight is 258 g/mol. The molecule has 0 aliphatic carbocycles. The van der Waals surface area contributed by atoms with E-state index in [0.717, 1.165) is 46.0 Å².